The summed E-state index contributed by atoms with van der Waals surface area (Å²) in [7, 11) is 0. The summed E-state index contributed by atoms with van der Waals surface area (Å²) in [6.45, 7) is 1.98. The zero-order valence-corrected chi connectivity index (χ0v) is 17.7. The molecule has 160 valence electrons. The third-order valence-electron chi connectivity index (χ3n) is 5.04. The van der Waals surface area contributed by atoms with Crippen LogP contribution in [-0.4, -0.2) is 26.8 Å². The molecule has 1 aromatic heterocycles. The smallest absolute Gasteiger partial charge is 0.276 e. The van der Waals surface area contributed by atoms with Gasteiger partial charge in [0.05, 0.1) is 10.3 Å². The molecule has 1 N–H and O–H groups in total. The van der Waals surface area contributed by atoms with Crippen LogP contribution in [0.1, 0.15) is 18.8 Å². The van der Waals surface area contributed by atoms with Crippen molar-refractivity contribution in [2.75, 3.05) is 5.75 Å². The molecule has 2 aliphatic rings. The molecule has 0 spiro atoms. The summed E-state index contributed by atoms with van der Waals surface area (Å²) >= 11 is 1.43. The Morgan fingerprint density at radius 1 is 1.16 bits per heavy atom. The molecule has 9 nitrogen and oxygen atoms in total. The first kappa shape index (κ1) is 20.0. The third kappa shape index (κ3) is 3.44. The van der Waals surface area contributed by atoms with E-state index in [-0.39, 0.29) is 11.6 Å². The highest BCUT2D eigenvalue weighted by molar-refractivity contribution is 8.13. The Balaban J connectivity index is 1.59. The molecule has 32 heavy (non-hydrogen) atoms. The van der Waals surface area contributed by atoms with Gasteiger partial charge in [0, 0.05) is 22.9 Å². The van der Waals surface area contributed by atoms with E-state index in [4.69, 9.17) is 9.41 Å². The molecule has 2 aliphatic heterocycles. The van der Waals surface area contributed by atoms with Crippen molar-refractivity contribution in [3.05, 3.63) is 87.1 Å². The van der Waals surface area contributed by atoms with Gasteiger partial charge in [-0.3, -0.25) is 20.2 Å². The van der Waals surface area contributed by atoms with Crippen molar-refractivity contribution in [2.45, 2.75) is 13.1 Å². The van der Waals surface area contributed by atoms with Crippen LogP contribution in [0, 0.1) is 10.1 Å². The first-order valence-electron chi connectivity index (χ1n) is 9.89. The van der Waals surface area contributed by atoms with Crippen molar-refractivity contribution >= 4 is 34.2 Å². The second kappa shape index (κ2) is 7.97. The van der Waals surface area contributed by atoms with E-state index in [1.807, 2.05) is 31.2 Å². The van der Waals surface area contributed by atoms with Gasteiger partial charge < -0.3 is 4.42 Å². The number of non-ortho nitro benzene ring substituents is 1. The number of nitrogens with one attached hydrogen (secondary N) is 1. The Morgan fingerprint density at radius 2 is 1.94 bits per heavy atom. The fourth-order valence-electron chi connectivity index (χ4n) is 3.61. The number of para-hydroxylation sites is 1. The average Bonchev–Trinajstić information content (AvgIpc) is 3.28. The van der Waals surface area contributed by atoms with Gasteiger partial charge in [-0.15, -0.1) is 5.10 Å². The number of furan rings is 1. The normalized spacial score (nSPS) is 17.1. The Kier molecular flexibility index (Phi) is 4.98. The van der Waals surface area contributed by atoms with Crippen LogP contribution in [0.4, 0.5) is 5.69 Å². The molecule has 1 amide bonds. The summed E-state index contributed by atoms with van der Waals surface area (Å²) in [4.78, 5) is 28.2. The Hall–Kier alpha value is -3.92. The van der Waals surface area contributed by atoms with Crippen LogP contribution in [0.15, 0.2) is 75.2 Å². The molecule has 2 aromatic carbocycles. The summed E-state index contributed by atoms with van der Waals surface area (Å²) in [5.74, 6) is 1.56. The van der Waals surface area contributed by atoms with Crippen molar-refractivity contribution in [3.8, 4) is 11.3 Å². The van der Waals surface area contributed by atoms with Crippen molar-refractivity contribution in [1.29, 1.82) is 0 Å². The van der Waals surface area contributed by atoms with E-state index in [0.29, 0.717) is 38.5 Å². The molecule has 0 fully saturated rings. The molecule has 10 heteroatoms. The number of rotatable bonds is 4. The molecule has 3 heterocycles. The van der Waals surface area contributed by atoms with Crippen LogP contribution in [0.5, 0.6) is 0 Å². The highest BCUT2D eigenvalue weighted by Crippen LogP contribution is 2.34. The first-order chi connectivity index (χ1) is 15.5. The van der Waals surface area contributed by atoms with Crippen molar-refractivity contribution < 1.29 is 14.1 Å². The van der Waals surface area contributed by atoms with Crippen LogP contribution in [0.2, 0.25) is 0 Å². The van der Waals surface area contributed by atoms with Crippen molar-refractivity contribution in [1.82, 2.24) is 10.3 Å². The molecule has 3 aromatic rings. The van der Waals surface area contributed by atoms with Gasteiger partial charge in [0.25, 0.3) is 11.6 Å². The number of benzene rings is 2. The van der Waals surface area contributed by atoms with Crippen molar-refractivity contribution in [3.63, 3.8) is 0 Å². The second-order valence-electron chi connectivity index (χ2n) is 7.01. The van der Waals surface area contributed by atoms with Gasteiger partial charge in [-0.1, -0.05) is 36.9 Å². The van der Waals surface area contributed by atoms with Gasteiger partial charge in [0.15, 0.2) is 10.9 Å². The van der Waals surface area contributed by atoms with Crippen molar-refractivity contribution in [2.24, 2.45) is 10.1 Å². The lowest BCUT2D eigenvalue weighted by Crippen LogP contribution is -2.50. The maximum atomic E-state index is 13.0. The highest BCUT2D eigenvalue weighted by Gasteiger charge is 2.35. The SMILES string of the molecule is CCSC1=NN2C(=c3ccccc3=N[C@H]2c2ccc(-c3ccc([N+](=O)[O-])cc3)o2)C(=O)N1. The van der Waals surface area contributed by atoms with Crippen LogP contribution in [-0.2, 0) is 4.79 Å². The monoisotopic (exact) mass is 447 g/mol. The van der Waals surface area contributed by atoms with E-state index in [2.05, 4.69) is 10.4 Å². The number of carbonyl (C=O) groups excluding carboxylic acids is 1. The number of amides is 1. The fraction of sp³-hybridized carbons (Fsp3) is 0.136. The Bertz CT molecular complexity index is 1380. The predicted molar refractivity (Wildman–Crippen MR) is 120 cm³/mol. The average molecular weight is 447 g/mol. The summed E-state index contributed by atoms with van der Waals surface area (Å²) in [6.07, 6.45) is -0.662. The lowest BCUT2D eigenvalue weighted by Gasteiger charge is -2.32. The summed E-state index contributed by atoms with van der Waals surface area (Å²) < 4.78 is 6.08. The molecule has 1 atom stereocenters. The fourth-order valence-corrected chi connectivity index (χ4v) is 4.19. The molecule has 0 bridgehead atoms. The summed E-state index contributed by atoms with van der Waals surface area (Å²) in [6, 6.07) is 17.1. The van der Waals surface area contributed by atoms with E-state index >= 15 is 0 Å². The summed E-state index contributed by atoms with van der Waals surface area (Å²) in [5.41, 5.74) is 1.12. The number of fused-ring (bicyclic) bond motifs is 2. The topological polar surface area (TPSA) is 113 Å². The zero-order valence-electron chi connectivity index (χ0n) is 16.9. The maximum Gasteiger partial charge on any atom is 0.276 e. The number of amidine groups is 1. The molecule has 0 radical (unpaired) electrons. The van der Waals surface area contributed by atoms with Crippen LogP contribution in [0.25, 0.3) is 17.0 Å². The van der Waals surface area contributed by atoms with Gasteiger partial charge in [-0.2, -0.15) is 0 Å². The van der Waals surface area contributed by atoms with Gasteiger partial charge >= 0.3 is 0 Å². The Morgan fingerprint density at radius 3 is 2.69 bits per heavy atom. The van der Waals surface area contributed by atoms with E-state index < -0.39 is 11.1 Å². The van der Waals surface area contributed by atoms with Gasteiger partial charge in [-0.05, 0) is 36.1 Å². The summed E-state index contributed by atoms with van der Waals surface area (Å²) in [5, 5.41) is 21.9. The number of hydrogen-bond acceptors (Lipinski definition) is 8. The molecule has 0 aliphatic carbocycles. The highest BCUT2D eigenvalue weighted by atomic mass is 32.2. The van der Waals surface area contributed by atoms with Crippen LogP contribution >= 0.6 is 11.8 Å². The molecule has 0 saturated heterocycles. The first-order valence-corrected chi connectivity index (χ1v) is 10.9. The Labute approximate surface area is 186 Å². The molecule has 0 saturated carbocycles. The van der Waals surface area contributed by atoms with E-state index in [1.54, 1.807) is 29.3 Å². The lowest BCUT2D eigenvalue weighted by atomic mass is 10.1. The standard InChI is InChI=1S/C22H17N5O4S/c1-2-32-22-24-21(28)19-15-5-3-4-6-16(15)23-20(26(19)25-22)18-12-11-17(31-18)13-7-9-14(10-8-13)27(29)30/h3-12,20H,2H2,1H3,(H,24,25,28)/t20-/m1/s1. The second-order valence-corrected chi connectivity index (χ2v) is 8.26. The maximum absolute atomic E-state index is 13.0. The van der Waals surface area contributed by atoms with E-state index in [1.165, 1.54) is 23.9 Å². The minimum absolute atomic E-state index is 0.00767. The zero-order chi connectivity index (χ0) is 22.2. The number of hydrazone groups is 1. The van der Waals surface area contributed by atoms with E-state index in [9.17, 15) is 14.9 Å². The lowest BCUT2D eigenvalue weighted by molar-refractivity contribution is -0.384. The molecular formula is C22H17N5O4S. The van der Waals surface area contributed by atoms with Gasteiger partial charge in [-0.25, -0.2) is 10.0 Å². The number of nitrogens with zero attached hydrogens (tertiary/aromatic N) is 4. The molecular weight excluding hydrogens is 430 g/mol. The minimum Gasteiger partial charge on any atom is -0.457 e. The number of nitro groups is 1. The largest absolute Gasteiger partial charge is 0.457 e. The number of thioether (sulfide) groups is 1. The molecule has 0 unspecified atom stereocenters. The predicted octanol–water partition coefficient (Wildman–Crippen LogP) is 2.75. The van der Waals surface area contributed by atoms with E-state index in [0.717, 1.165) is 5.75 Å². The van der Waals surface area contributed by atoms with Crippen LogP contribution in [0.3, 0.4) is 0 Å². The third-order valence-corrected chi connectivity index (χ3v) is 5.79. The quantitative estimate of drug-likeness (QED) is 0.486. The minimum atomic E-state index is -0.662. The molecule has 5 rings (SSSR count). The van der Waals surface area contributed by atoms with Gasteiger partial charge in [0.2, 0.25) is 6.17 Å². The number of carbonyl (C=O) groups is 1. The number of nitro benzene ring substituents is 1. The number of hydrogen-bond donors (Lipinski definition) is 1. The van der Waals surface area contributed by atoms with Gasteiger partial charge in [0.1, 0.15) is 11.5 Å². The van der Waals surface area contributed by atoms with Crippen LogP contribution < -0.4 is 15.9 Å².